The Kier molecular flexibility index (Phi) is 7.46. The van der Waals surface area contributed by atoms with Crippen LogP contribution in [0.5, 0.6) is 0 Å². The number of benzene rings is 3. The van der Waals surface area contributed by atoms with E-state index in [1.165, 1.54) is 0 Å². The molecule has 206 valence electrons. The van der Waals surface area contributed by atoms with Gasteiger partial charge in [-0.15, -0.1) is 5.10 Å². The number of morpholine rings is 1. The van der Waals surface area contributed by atoms with E-state index in [1.54, 1.807) is 9.58 Å². The molecule has 2 aliphatic rings. The lowest BCUT2D eigenvalue weighted by atomic mass is 9.92. The van der Waals surface area contributed by atoms with Gasteiger partial charge in [0.1, 0.15) is 17.6 Å². The van der Waals surface area contributed by atoms with Crippen LogP contribution in [0, 0.1) is 0 Å². The molecule has 2 amide bonds. The number of anilines is 2. The summed E-state index contributed by atoms with van der Waals surface area (Å²) in [5.41, 5.74) is 3.39. The normalized spacial score (nSPS) is 16.6. The van der Waals surface area contributed by atoms with Gasteiger partial charge in [0.25, 0.3) is 0 Å². The average molecular weight is 539 g/mol. The van der Waals surface area contributed by atoms with E-state index in [2.05, 4.69) is 20.5 Å². The topological polar surface area (TPSA) is 92.6 Å². The first-order chi connectivity index (χ1) is 19.6. The predicted molar refractivity (Wildman–Crippen MR) is 154 cm³/mol. The number of aromatic nitrogens is 3. The molecule has 3 aromatic carbocycles. The Balaban J connectivity index is 1.27. The van der Waals surface area contributed by atoms with Crippen molar-refractivity contribution in [2.24, 2.45) is 0 Å². The van der Waals surface area contributed by atoms with Crippen molar-refractivity contribution in [1.29, 1.82) is 0 Å². The number of amides is 2. The van der Waals surface area contributed by atoms with Crippen molar-refractivity contribution in [3.05, 3.63) is 84.4 Å². The fraction of sp³-hybridized carbons (Fsp3) is 0.355. The summed E-state index contributed by atoms with van der Waals surface area (Å²) in [6, 6.07) is 25.4. The summed E-state index contributed by atoms with van der Waals surface area (Å²) < 4.78 is 7.09. The van der Waals surface area contributed by atoms with E-state index in [9.17, 15) is 9.59 Å². The van der Waals surface area contributed by atoms with E-state index in [-0.39, 0.29) is 18.4 Å². The number of rotatable bonds is 8. The molecule has 2 fully saturated rings. The smallest absolute Gasteiger partial charge is 0.250 e. The molecule has 0 radical (unpaired) electrons. The van der Waals surface area contributed by atoms with Crippen LogP contribution >= 0.6 is 0 Å². The van der Waals surface area contributed by atoms with Crippen LogP contribution in [0.3, 0.4) is 0 Å². The van der Waals surface area contributed by atoms with E-state index in [1.807, 2.05) is 78.9 Å². The first-order valence-corrected chi connectivity index (χ1v) is 14.0. The Morgan fingerprint density at radius 2 is 1.60 bits per heavy atom. The second-order valence-corrected chi connectivity index (χ2v) is 10.5. The maximum atomic E-state index is 14.1. The number of carbonyl (C=O) groups is 2. The average Bonchev–Trinajstić information content (AvgIpc) is 3.66. The van der Waals surface area contributed by atoms with Gasteiger partial charge in [0.15, 0.2) is 0 Å². The zero-order chi connectivity index (χ0) is 27.4. The van der Waals surface area contributed by atoms with Crippen molar-refractivity contribution in [2.75, 3.05) is 36.5 Å². The minimum Gasteiger partial charge on any atom is -0.378 e. The van der Waals surface area contributed by atoms with Gasteiger partial charge >= 0.3 is 0 Å². The minimum atomic E-state index is -0.952. The van der Waals surface area contributed by atoms with Gasteiger partial charge in [-0.2, -0.15) is 0 Å². The Morgan fingerprint density at radius 1 is 0.900 bits per heavy atom. The van der Waals surface area contributed by atoms with Gasteiger partial charge in [0.2, 0.25) is 11.8 Å². The van der Waals surface area contributed by atoms with Crippen molar-refractivity contribution in [1.82, 2.24) is 19.9 Å². The summed E-state index contributed by atoms with van der Waals surface area (Å²) in [6.07, 6.45) is 2.99. The highest BCUT2D eigenvalue weighted by molar-refractivity contribution is 6.01. The number of nitrogens with zero attached hydrogens (tertiary/aromatic N) is 5. The number of para-hydroxylation sites is 1. The first-order valence-electron chi connectivity index (χ1n) is 14.0. The molecule has 4 aromatic rings. The molecular formula is C31H34N6O3. The molecule has 9 nitrogen and oxygen atoms in total. The van der Waals surface area contributed by atoms with E-state index < -0.39 is 5.54 Å². The molecule has 0 atom stereocenters. The number of hydrogen-bond acceptors (Lipinski definition) is 6. The first kappa shape index (κ1) is 26.0. The van der Waals surface area contributed by atoms with Crippen LogP contribution in [0.4, 0.5) is 11.4 Å². The Hall–Kier alpha value is -4.24. The molecule has 6 rings (SSSR count). The van der Waals surface area contributed by atoms with Gasteiger partial charge in [-0.1, -0.05) is 60.5 Å². The van der Waals surface area contributed by atoms with E-state index >= 15 is 0 Å². The lowest BCUT2D eigenvalue weighted by Crippen LogP contribution is -2.57. The van der Waals surface area contributed by atoms with Gasteiger partial charge < -0.3 is 19.9 Å². The quantitative estimate of drug-likeness (QED) is 0.361. The number of carbonyl (C=O) groups excluding carboxylic acids is 2. The Morgan fingerprint density at radius 3 is 2.35 bits per heavy atom. The summed E-state index contributed by atoms with van der Waals surface area (Å²) in [4.78, 5) is 32.2. The fourth-order valence-electron chi connectivity index (χ4n) is 5.90. The zero-order valence-electron chi connectivity index (χ0n) is 22.5. The van der Waals surface area contributed by atoms with Crippen LogP contribution in [0.25, 0.3) is 11.0 Å². The Bertz CT molecular complexity index is 1460. The molecule has 1 N–H and O–H groups in total. The fourth-order valence-corrected chi connectivity index (χ4v) is 5.90. The minimum absolute atomic E-state index is 0.0105. The number of nitrogens with one attached hydrogen (secondary N) is 1. The van der Waals surface area contributed by atoms with Crippen LogP contribution in [-0.4, -0.2) is 63.6 Å². The van der Waals surface area contributed by atoms with Crippen molar-refractivity contribution in [3.63, 3.8) is 0 Å². The summed E-state index contributed by atoms with van der Waals surface area (Å²) in [7, 11) is 0. The molecule has 9 heteroatoms. The van der Waals surface area contributed by atoms with E-state index in [0.717, 1.165) is 67.1 Å². The number of ether oxygens (including phenoxy) is 1. The molecule has 0 spiro atoms. The van der Waals surface area contributed by atoms with Crippen LogP contribution in [0.2, 0.25) is 0 Å². The maximum absolute atomic E-state index is 14.1. The van der Waals surface area contributed by atoms with Crippen LogP contribution in [0.15, 0.2) is 78.9 Å². The number of fused-ring (bicyclic) bond motifs is 1. The van der Waals surface area contributed by atoms with Gasteiger partial charge in [-0.25, -0.2) is 4.68 Å². The molecule has 1 aromatic heterocycles. The molecule has 1 saturated heterocycles. The highest BCUT2D eigenvalue weighted by Crippen LogP contribution is 2.38. The standard InChI is InChI=1S/C31H34N6O3/c38-29(23-37-28-11-5-4-10-27(28)33-34-37)36(22-24-8-2-1-3-9-24)31(16-6-7-17-31)30(39)32-25-12-14-26(15-13-25)35-18-20-40-21-19-35/h1-5,8-15H,6-7,16-23H2,(H,32,39). The summed E-state index contributed by atoms with van der Waals surface area (Å²) in [5, 5.41) is 11.6. The third kappa shape index (κ3) is 5.29. The van der Waals surface area contributed by atoms with Crippen LogP contribution in [-0.2, 0) is 27.4 Å². The lowest BCUT2D eigenvalue weighted by molar-refractivity contribution is -0.147. The van der Waals surface area contributed by atoms with Crippen molar-refractivity contribution < 1.29 is 14.3 Å². The van der Waals surface area contributed by atoms with Gasteiger partial charge in [-0.3, -0.25) is 9.59 Å². The molecule has 40 heavy (non-hydrogen) atoms. The second kappa shape index (κ2) is 11.5. The van der Waals surface area contributed by atoms with E-state index in [4.69, 9.17) is 4.74 Å². The maximum Gasteiger partial charge on any atom is 0.250 e. The summed E-state index contributed by atoms with van der Waals surface area (Å²) >= 11 is 0. The summed E-state index contributed by atoms with van der Waals surface area (Å²) in [6.45, 7) is 3.50. The van der Waals surface area contributed by atoms with Crippen LogP contribution < -0.4 is 10.2 Å². The SMILES string of the molecule is O=C(Cn1nnc2ccccc21)N(Cc1ccccc1)C1(C(=O)Nc2ccc(N3CCOCC3)cc2)CCCC1. The monoisotopic (exact) mass is 538 g/mol. The predicted octanol–water partition coefficient (Wildman–Crippen LogP) is 4.25. The highest BCUT2D eigenvalue weighted by atomic mass is 16.5. The van der Waals surface area contributed by atoms with Crippen LogP contribution in [0.1, 0.15) is 31.2 Å². The molecule has 2 heterocycles. The van der Waals surface area contributed by atoms with Gasteiger partial charge in [-0.05, 0) is 54.8 Å². The molecular weight excluding hydrogens is 504 g/mol. The third-order valence-electron chi connectivity index (χ3n) is 8.06. The molecule has 1 aliphatic heterocycles. The van der Waals surface area contributed by atoms with Crippen molar-refractivity contribution >= 4 is 34.2 Å². The highest BCUT2D eigenvalue weighted by Gasteiger charge is 2.48. The molecule has 1 aliphatic carbocycles. The lowest BCUT2D eigenvalue weighted by Gasteiger charge is -2.40. The van der Waals surface area contributed by atoms with E-state index in [0.29, 0.717) is 19.4 Å². The molecule has 0 bridgehead atoms. The zero-order valence-corrected chi connectivity index (χ0v) is 22.5. The molecule has 0 unspecified atom stereocenters. The van der Waals surface area contributed by atoms with Crippen molar-refractivity contribution in [3.8, 4) is 0 Å². The van der Waals surface area contributed by atoms with Gasteiger partial charge in [0, 0.05) is 31.0 Å². The number of hydrogen-bond donors (Lipinski definition) is 1. The second-order valence-electron chi connectivity index (χ2n) is 10.5. The Labute approximate surface area is 233 Å². The van der Waals surface area contributed by atoms with Crippen molar-refractivity contribution in [2.45, 2.75) is 44.3 Å². The third-order valence-corrected chi connectivity index (χ3v) is 8.06. The molecule has 1 saturated carbocycles. The van der Waals surface area contributed by atoms with Gasteiger partial charge in [0.05, 0.1) is 18.7 Å². The largest absolute Gasteiger partial charge is 0.378 e. The summed E-state index contributed by atoms with van der Waals surface area (Å²) in [5.74, 6) is -0.295.